The summed E-state index contributed by atoms with van der Waals surface area (Å²) in [4.78, 5) is 0. The predicted molar refractivity (Wildman–Crippen MR) is 97.2 cm³/mol. The summed E-state index contributed by atoms with van der Waals surface area (Å²) in [6.07, 6.45) is 8.97. The van der Waals surface area contributed by atoms with Gasteiger partial charge in [-0.2, -0.15) is 0 Å². The van der Waals surface area contributed by atoms with E-state index in [1.165, 1.54) is 19.4 Å². The Bertz CT molecular complexity index is 364. The first-order valence-electron chi connectivity index (χ1n) is 7.37. The maximum absolute atomic E-state index is 6.90. The zero-order valence-electron chi connectivity index (χ0n) is 13.6. The van der Waals surface area contributed by atoms with Gasteiger partial charge in [0.1, 0.15) is 0 Å². The maximum atomic E-state index is 6.90. The van der Waals surface area contributed by atoms with Gasteiger partial charge in [-0.25, -0.2) is 0 Å². The van der Waals surface area contributed by atoms with E-state index in [0.717, 1.165) is 12.8 Å². The standard InChI is InChI=1S/C10H12ClN.C5H12N2.C2H6/c1-4-10(11)6-5-8(2)9(3)7-12;6-4-5-2-1-3-7-5;1-2/h4-7,12H,2-3H2,1H3;5,7H,1-4,6H2;1-2H3/b6-5-,10-4+,12-7?;;/t;5-;/m.0./s1. The molecule has 4 N–H and O–H groups in total. The van der Waals surface area contributed by atoms with E-state index in [1.54, 1.807) is 18.2 Å². The van der Waals surface area contributed by atoms with Gasteiger partial charge >= 0.3 is 0 Å². The molecule has 0 aromatic carbocycles. The molecular weight excluding hydrogens is 282 g/mol. The van der Waals surface area contributed by atoms with Crippen LogP contribution in [-0.2, 0) is 0 Å². The molecule has 1 aliphatic rings. The lowest BCUT2D eigenvalue weighted by Crippen LogP contribution is -2.29. The third-order valence-corrected chi connectivity index (χ3v) is 3.10. The molecule has 0 bridgehead atoms. The third kappa shape index (κ3) is 12.3. The quantitative estimate of drug-likeness (QED) is 0.527. The first-order valence-corrected chi connectivity index (χ1v) is 7.75. The smallest absolute Gasteiger partial charge is 0.0363 e. The van der Waals surface area contributed by atoms with Crippen molar-refractivity contribution in [2.45, 2.75) is 39.7 Å². The van der Waals surface area contributed by atoms with Gasteiger partial charge in [0.25, 0.3) is 0 Å². The molecule has 0 aromatic rings. The summed E-state index contributed by atoms with van der Waals surface area (Å²) in [5.74, 6) is 0. The fourth-order valence-corrected chi connectivity index (χ4v) is 1.50. The zero-order valence-corrected chi connectivity index (χ0v) is 14.3. The Morgan fingerprint density at radius 3 is 2.29 bits per heavy atom. The van der Waals surface area contributed by atoms with Crippen molar-refractivity contribution in [1.29, 1.82) is 5.41 Å². The highest BCUT2D eigenvalue weighted by atomic mass is 35.5. The predicted octanol–water partition coefficient (Wildman–Crippen LogP) is 4.17. The Morgan fingerprint density at radius 2 is 1.95 bits per heavy atom. The third-order valence-electron chi connectivity index (χ3n) is 2.75. The van der Waals surface area contributed by atoms with Crippen LogP contribution in [0.5, 0.6) is 0 Å². The van der Waals surface area contributed by atoms with Crippen molar-refractivity contribution < 1.29 is 0 Å². The fraction of sp³-hybridized carbons (Fsp3) is 0.471. The van der Waals surface area contributed by atoms with Crippen LogP contribution in [0.1, 0.15) is 33.6 Å². The van der Waals surface area contributed by atoms with E-state index in [2.05, 4.69) is 18.5 Å². The number of halogens is 1. The molecule has 3 nitrogen and oxygen atoms in total. The Labute approximate surface area is 135 Å². The van der Waals surface area contributed by atoms with Crippen molar-refractivity contribution in [3.8, 4) is 0 Å². The van der Waals surface area contributed by atoms with E-state index < -0.39 is 0 Å². The second kappa shape index (κ2) is 15.2. The summed E-state index contributed by atoms with van der Waals surface area (Å²) in [5.41, 5.74) is 6.66. The average Bonchev–Trinajstić information content (AvgIpc) is 3.07. The summed E-state index contributed by atoms with van der Waals surface area (Å²) >= 11 is 5.70. The minimum Gasteiger partial charge on any atom is -0.329 e. The first-order chi connectivity index (χ1) is 10.0. The van der Waals surface area contributed by atoms with Crippen molar-refractivity contribution in [1.82, 2.24) is 5.32 Å². The number of rotatable bonds is 5. The summed E-state index contributed by atoms with van der Waals surface area (Å²) in [6.45, 7) is 15.2. The summed E-state index contributed by atoms with van der Waals surface area (Å²) < 4.78 is 0. The Kier molecular flexibility index (Phi) is 16.1. The van der Waals surface area contributed by atoms with E-state index in [4.69, 9.17) is 22.7 Å². The van der Waals surface area contributed by atoms with Crippen molar-refractivity contribution in [2.75, 3.05) is 13.1 Å². The van der Waals surface area contributed by atoms with Crippen LogP contribution in [0, 0.1) is 5.41 Å². The van der Waals surface area contributed by atoms with Crippen LogP contribution in [-0.4, -0.2) is 25.3 Å². The van der Waals surface area contributed by atoms with Crippen LogP contribution in [0.3, 0.4) is 0 Å². The van der Waals surface area contributed by atoms with Crippen LogP contribution in [0.15, 0.2) is 47.6 Å². The van der Waals surface area contributed by atoms with Crippen LogP contribution in [0.25, 0.3) is 0 Å². The number of nitrogens with two attached hydrogens (primary N) is 1. The minimum absolute atomic E-state index is 0.590. The van der Waals surface area contributed by atoms with E-state index in [9.17, 15) is 0 Å². The lowest BCUT2D eigenvalue weighted by molar-refractivity contribution is 0.616. The molecule has 1 aliphatic heterocycles. The summed E-state index contributed by atoms with van der Waals surface area (Å²) in [5, 5.41) is 10.8. The van der Waals surface area contributed by atoms with Crippen LogP contribution in [0.2, 0.25) is 0 Å². The van der Waals surface area contributed by atoms with E-state index in [1.807, 2.05) is 20.8 Å². The topological polar surface area (TPSA) is 61.9 Å². The van der Waals surface area contributed by atoms with Crippen molar-refractivity contribution in [3.05, 3.63) is 47.6 Å². The molecule has 0 spiro atoms. The fourth-order valence-electron chi connectivity index (χ4n) is 1.43. The summed E-state index contributed by atoms with van der Waals surface area (Å²) in [7, 11) is 0. The Hall–Kier alpha value is -1.16. The van der Waals surface area contributed by atoms with Gasteiger partial charge in [-0.05, 0) is 43.5 Å². The molecule has 120 valence electrons. The second-order valence-corrected chi connectivity index (χ2v) is 4.67. The number of nitrogens with one attached hydrogen (secondary N) is 2. The largest absolute Gasteiger partial charge is 0.329 e. The van der Waals surface area contributed by atoms with Crippen LogP contribution >= 0.6 is 11.6 Å². The molecule has 1 fully saturated rings. The van der Waals surface area contributed by atoms with Gasteiger partial charge in [0, 0.05) is 23.8 Å². The lowest BCUT2D eigenvalue weighted by atomic mass is 10.1. The first kappa shape index (κ1) is 22.1. The van der Waals surface area contributed by atoms with Gasteiger partial charge in [0.2, 0.25) is 0 Å². The van der Waals surface area contributed by atoms with Crippen LogP contribution in [0.4, 0.5) is 0 Å². The monoisotopic (exact) mass is 311 g/mol. The molecule has 1 saturated heterocycles. The molecule has 21 heavy (non-hydrogen) atoms. The number of hydrogen-bond donors (Lipinski definition) is 3. The molecular formula is C17H30ClN3. The second-order valence-electron chi connectivity index (χ2n) is 4.23. The van der Waals surface area contributed by atoms with Crippen molar-refractivity contribution >= 4 is 17.8 Å². The molecule has 1 heterocycles. The highest BCUT2D eigenvalue weighted by Crippen LogP contribution is 2.08. The minimum atomic E-state index is 0.590. The van der Waals surface area contributed by atoms with E-state index in [-0.39, 0.29) is 0 Å². The normalized spacial score (nSPS) is 17.4. The van der Waals surface area contributed by atoms with Gasteiger partial charge in [-0.15, -0.1) is 0 Å². The molecule has 1 atom stereocenters. The van der Waals surface area contributed by atoms with Gasteiger partial charge in [0.05, 0.1) is 0 Å². The molecule has 1 rings (SSSR count). The molecule has 4 heteroatoms. The van der Waals surface area contributed by atoms with Crippen molar-refractivity contribution in [3.63, 3.8) is 0 Å². The SMILES string of the molecule is C=C(C=N)C(=C)/C=C\C(Cl)=C/C.CC.NC[C@@H]1CCCN1. The van der Waals surface area contributed by atoms with Gasteiger partial charge in [-0.1, -0.05) is 50.8 Å². The van der Waals surface area contributed by atoms with E-state index in [0.29, 0.717) is 22.2 Å². The van der Waals surface area contributed by atoms with Gasteiger partial charge < -0.3 is 16.5 Å². The van der Waals surface area contributed by atoms with Gasteiger partial charge in [-0.3, -0.25) is 0 Å². The molecule has 0 unspecified atom stereocenters. The molecule has 0 aliphatic carbocycles. The maximum Gasteiger partial charge on any atom is 0.0363 e. The Balaban J connectivity index is 0. The van der Waals surface area contributed by atoms with Gasteiger partial charge in [0.15, 0.2) is 0 Å². The van der Waals surface area contributed by atoms with E-state index >= 15 is 0 Å². The molecule has 0 radical (unpaired) electrons. The molecule has 0 amide bonds. The Morgan fingerprint density at radius 1 is 1.33 bits per heavy atom. The molecule has 0 saturated carbocycles. The highest BCUT2D eigenvalue weighted by Gasteiger charge is 2.09. The molecule has 0 aromatic heterocycles. The average molecular weight is 312 g/mol. The summed E-state index contributed by atoms with van der Waals surface area (Å²) in [6, 6.07) is 0.625. The van der Waals surface area contributed by atoms with Crippen LogP contribution < -0.4 is 11.1 Å². The van der Waals surface area contributed by atoms with Crippen molar-refractivity contribution in [2.24, 2.45) is 5.73 Å². The number of hydrogen-bond acceptors (Lipinski definition) is 3. The number of allylic oxidation sites excluding steroid dienone is 6. The zero-order chi connectivity index (χ0) is 16.7. The lowest BCUT2D eigenvalue weighted by Gasteiger charge is -2.02. The highest BCUT2D eigenvalue weighted by molar-refractivity contribution is 6.31.